The first-order valence-electron chi connectivity index (χ1n) is 8.86. The van der Waals surface area contributed by atoms with Crippen LogP contribution in [0, 0.1) is 5.92 Å². The van der Waals surface area contributed by atoms with E-state index in [4.69, 9.17) is 4.74 Å². The van der Waals surface area contributed by atoms with Crippen molar-refractivity contribution in [1.29, 1.82) is 0 Å². The van der Waals surface area contributed by atoms with Crippen molar-refractivity contribution in [1.82, 2.24) is 0 Å². The Labute approximate surface area is 152 Å². The van der Waals surface area contributed by atoms with Gasteiger partial charge in [-0.05, 0) is 85.2 Å². The van der Waals surface area contributed by atoms with Crippen molar-refractivity contribution in [2.75, 3.05) is 6.61 Å². The van der Waals surface area contributed by atoms with Crippen LogP contribution < -0.4 is 4.74 Å². The number of hydrogen-bond donors (Lipinski definition) is 1. The van der Waals surface area contributed by atoms with Gasteiger partial charge < -0.3 is 9.84 Å². The number of aliphatic hydroxyl groups excluding tert-OH is 1. The zero-order chi connectivity index (χ0) is 17.1. The summed E-state index contributed by atoms with van der Waals surface area (Å²) < 4.78 is 5.86. The van der Waals surface area contributed by atoms with Crippen molar-refractivity contribution < 1.29 is 9.84 Å². The first kappa shape index (κ1) is 16.4. The smallest absolute Gasteiger partial charge is 0.127 e. The number of hydrogen-bond acceptors (Lipinski definition) is 3. The van der Waals surface area contributed by atoms with Gasteiger partial charge in [0.25, 0.3) is 0 Å². The standard InChI is InChI=1S/C22H22O2S/c23-15-16-6-7-18(14-16)22-13-12-21(25-22)17-8-10-20(11-9-17)24-19-4-2-1-3-5-19/h1-5,8-13,16,18,23H,6-7,14-15H2/t16-,18-/m0/s1. The lowest BCUT2D eigenvalue weighted by atomic mass is 10.0. The van der Waals surface area contributed by atoms with E-state index < -0.39 is 0 Å². The van der Waals surface area contributed by atoms with Gasteiger partial charge in [-0.15, -0.1) is 11.3 Å². The van der Waals surface area contributed by atoms with E-state index in [1.54, 1.807) is 0 Å². The van der Waals surface area contributed by atoms with E-state index >= 15 is 0 Å². The summed E-state index contributed by atoms with van der Waals surface area (Å²) in [5, 5.41) is 9.34. The van der Waals surface area contributed by atoms with Crippen LogP contribution >= 0.6 is 11.3 Å². The maximum atomic E-state index is 9.34. The number of benzene rings is 2. The van der Waals surface area contributed by atoms with Crippen molar-refractivity contribution in [3.63, 3.8) is 0 Å². The third-order valence-corrected chi connectivity index (χ3v) is 6.24. The molecule has 0 radical (unpaired) electrons. The van der Waals surface area contributed by atoms with Gasteiger partial charge in [-0.2, -0.15) is 0 Å². The molecule has 4 rings (SSSR count). The monoisotopic (exact) mass is 350 g/mol. The Morgan fingerprint density at radius 3 is 2.36 bits per heavy atom. The third-order valence-electron chi connectivity index (χ3n) is 4.95. The van der Waals surface area contributed by atoms with Gasteiger partial charge in [0.1, 0.15) is 11.5 Å². The van der Waals surface area contributed by atoms with Crippen LogP contribution in [0.1, 0.15) is 30.1 Å². The highest BCUT2D eigenvalue weighted by atomic mass is 32.1. The van der Waals surface area contributed by atoms with Crippen LogP contribution in [0.5, 0.6) is 11.5 Å². The predicted molar refractivity (Wildman–Crippen MR) is 103 cm³/mol. The van der Waals surface area contributed by atoms with Crippen molar-refractivity contribution >= 4 is 11.3 Å². The van der Waals surface area contributed by atoms with Gasteiger partial charge in [0.2, 0.25) is 0 Å². The Morgan fingerprint density at radius 1 is 0.880 bits per heavy atom. The molecule has 0 aliphatic heterocycles. The Bertz CT molecular complexity index is 808. The van der Waals surface area contributed by atoms with E-state index in [1.807, 2.05) is 53.8 Å². The van der Waals surface area contributed by atoms with Crippen LogP contribution in [0.3, 0.4) is 0 Å². The molecule has 1 saturated carbocycles. The summed E-state index contributed by atoms with van der Waals surface area (Å²) in [5.41, 5.74) is 1.23. The fourth-order valence-corrected chi connectivity index (χ4v) is 4.70. The average molecular weight is 350 g/mol. The molecule has 0 amide bonds. The Kier molecular flexibility index (Phi) is 4.86. The van der Waals surface area contributed by atoms with Gasteiger partial charge in [-0.25, -0.2) is 0 Å². The molecule has 3 heteroatoms. The summed E-state index contributed by atoms with van der Waals surface area (Å²) in [6.45, 7) is 0.331. The molecule has 1 aliphatic carbocycles. The Hall–Kier alpha value is -2.10. The van der Waals surface area contributed by atoms with Gasteiger partial charge in [-0.3, -0.25) is 0 Å². The molecule has 2 atom stereocenters. The minimum atomic E-state index is 0.331. The third kappa shape index (κ3) is 3.78. The largest absolute Gasteiger partial charge is 0.457 e. The van der Waals surface area contributed by atoms with Crippen LogP contribution in [0.2, 0.25) is 0 Å². The number of thiophene rings is 1. The molecule has 0 spiro atoms. The van der Waals surface area contributed by atoms with Crippen LogP contribution in [-0.2, 0) is 0 Å². The summed E-state index contributed by atoms with van der Waals surface area (Å²) in [6, 6.07) is 22.6. The highest BCUT2D eigenvalue weighted by molar-refractivity contribution is 7.15. The second-order valence-electron chi connectivity index (χ2n) is 6.70. The van der Waals surface area contributed by atoms with E-state index in [9.17, 15) is 5.11 Å². The van der Waals surface area contributed by atoms with Gasteiger partial charge in [0, 0.05) is 16.4 Å². The molecule has 1 fully saturated rings. The molecule has 1 heterocycles. The summed E-state index contributed by atoms with van der Waals surface area (Å²) in [5.74, 6) is 2.82. The summed E-state index contributed by atoms with van der Waals surface area (Å²) in [6.07, 6.45) is 3.48. The SMILES string of the molecule is OC[C@H]1CC[C@H](c2ccc(-c3ccc(Oc4ccccc4)cc3)s2)C1. The second kappa shape index (κ2) is 7.42. The summed E-state index contributed by atoms with van der Waals surface area (Å²) >= 11 is 1.88. The molecular formula is C22H22O2S. The number of aliphatic hydroxyl groups is 1. The van der Waals surface area contributed by atoms with Crippen molar-refractivity contribution in [3.05, 3.63) is 71.6 Å². The van der Waals surface area contributed by atoms with Crippen molar-refractivity contribution in [2.24, 2.45) is 5.92 Å². The first-order valence-corrected chi connectivity index (χ1v) is 9.67. The van der Waals surface area contributed by atoms with E-state index in [0.29, 0.717) is 18.4 Å². The number of rotatable bonds is 5. The topological polar surface area (TPSA) is 29.5 Å². The van der Waals surface area contributed by atoms with Crippen molar-refractivity contribution in [2.45, 2.75) is 25.2 Å². The molecule has 0 unspecified atom stereocenters. The van der Waals surface area contributed by atoms with Gasteiger partial charge >= 0.3 is 0 Å². The highest BCUT2D eigenvalue weighted by Crippen LogP contribution is 2.42. The van der Waals surface area contributed by atoms with Crippen LogP contribution in [0.25, 0.3) is 10.4 Å². The maximum absolute atomic E-state index is 9.34. The van der Waals surface area contributed by atoms with E-state index in [1.165, 1.54) is 21.7 Å². The van der Waals surface area contributed by atoms with Gasteiger partial charge in [0.15, 0.2) is 0 Å². The second-order valence-corrected chi connectivity index (χ2v) is 7.82. The Morgan fingerprint density at radius 2 is 1.64 bits per heavy atom. The number of ether oxygens (including phenoxy) is 1. The van der Waals surface area contributed by atoms with Crippen LogP contribution in [0.4, 0.5) is 0 Å². The fourth-order valence-electron chi connectivity index (χ4n) is 3.54. The van der Waals surface area contributed by atoms with E-state index in [2.05, 4.69) is 24.3 Å². The highest BCUT2D eigenvalue weighted by Gasteiger charge is 2.26. The molecule has 25 heavy (non-hydrogen) atoms. The minimum absolute atomic E-state index is 0.331. The molecule has 128 valence electrons. The lowest BCUT2D eigenvalue weighted by molar-refractivity contribution is 0.229. The molecule has 2 nitrogen and oxygen atoms in total. The fraction of sp³-hybridized carbons (Fsp3) is 0.273. The van der Waals surface area contributed by atoms with Gasteiger partial charge in [-0.1, -0.05) is 18.2 Å². The van der Waals surface area contributed by atoms with E-state index in [0.717, 1.165) is 24.3 Å². The van der Waals surface area contributed by atoms with Crippen LogP contribution in [0.15, 0.2) is 66.7 Å². The van der Waals surface area contributed by atoms with Gasteiger partial charge in [0.05, 0.1) is 0 Å². The minimum Gasteiger partial charge on any atom is -0.457 e. The lowest BCUT2D eigenvalue weighted by Crippen LogP contribution is -1.99. The molecule has 1 N–H and O–H groups in total. The molecule has 3 aromatic rings. The molecule has 0 saturated heterocycles. The quantitative estimate of drug-likeness (QED) is 0.604. The maximum Gasteiger partial charge on any atom is 0.127 e. The molecule has 0 bridgehead atoms. The van der Waals surface area contributed by atoms with Crippen molar-refractivity contribution in [3.8, 4) is 21.9 Å². The zero-order valence-electron chi connectivity index (χ0n) is 14.1. The molecule has 1 aromatic heterocycles. The number of para-hydroxylation sites is 1. The van der Waals surface area contributed by atoms with Crippen LogP contribution in [-0.4, -0.2) is 11.7 Å². The Balaban J connectivity index is 1.46. The zero-order valence-corrected chi connectivity index (χ0v) is 14.9. The molecular weight excluding hydrogens is 328 g/mol. The summed E-state index contributed by atoms with van der Waals surface area (Å²) in [7, 11) is 0. The normalized spacial score (nSPS) is 19.9. The average Bonchev–Trinajstić information content (AvgIpc) is 3.32. The molecule has 2 aromatic carbocycles. The van der Waals surface area contributed by atoms with E-state index in [-0.39, 0.29) is 0 Å². The predicted octanol–water partition coefficient (Wildman–Crippen LogP) is 6.08. The summed E-state index contributed by atoms with van der Waals surface area (Å²) in [4.78, 5) is 2.75. The first-order chi connectivity index (χ1) is 12.3. The lowest BCUT2D eigenvalue weighted by Gasteiger charge is -2.07. The molecule has 1 aliphatic rings.